The molecule has 2 aromatic carbocycles. The Balaban J connectivity index is 0.753. The van der Waals surface area contributed by atoms with Crippen molar-refractivity contribution in [2.45, 2.75) is 50.6 Å². The Morgan fingerprint density at radius 1 is 0.702 bits per heavy atom. The van der Waals surface area contributed by atoms with Gasteiger partial charge in [0.2, 0.25) is 23.6 Å². The summed E-state index contributed by atoms with van der Waals surface area (Å²) >= 11 is 0. The monoisotopic (exact) mass is 791 g/mol. The molecule has 6 rings (SSSR count). The average Bonchev–Trinajstić information content (AvgIpc) is 3.24. The first-order chi connectivity index (χ1) is 27.9. The minimum absolute atomic E-state index is 0.0716. The Bertz CT molecular complexity index is 1640. The van der Waals surface area contributed by atoms with Crippen LogP contribution in [0.3, 0.4) is 0 Å². The van der Waals surface area contributed by atoms with Gasteiger partial charge in [-0.1, -0.05) is 0 Å². The summed E-state index contributed by atoms with van der Waals surface area (Å²) in [5.41, 5.74) is 4.41. The number of nitrogens with zero attached hydrogens (tertiary/aromatic N) is 4. The third-order valence-electron chi connectivity index (χ3n) is 10.9. The summed E-state index contributed by atoms with van der Waals surface area (Å²) in [4.78, 5) is 68.9. The number of ether oxygens (including phenoxy) is 4. The van der Waals surface area contributed by atoms with Crippen LogP contribution in [0.25, 0.3) is 0 Å². The van der Waals surface area contributed by atoms with Crippen LogP contribution >= 0.6 is 0 Å². The van der Waals surface area contributed by atoms with Crippen LogP contribution in [0, 0.1) is 0 Å². The smallest absolute Gasteiger partial charge is 0.249 e. The van der Waals surface area contributed by atoms with Crippen LogP contribution in [0.4, 0.5) is 22.7 Å². The Morgan fingerprint density at radius 2 is 1.25 bits per heavy atom. The van der Waals surface area contributed by atoms with Crippen LogP contribution in [0.15, 0.2) is 42.5 Å². The normalized spacial score (nSPS) is 19.3. The van der Waals surface area contributed by atoms with Gasteiger partial charge in [0, 0.05) is 106 Å². The topological polar surface area (TPSA) is 171 Å². The van der Waals surface area contributed by atoms with Crippen molar-refractivity contribution in [3.8, 4) is 0 Å². The van der Waals surface area contributed by atoms with Gasteiger partial charge in [-0.25, -0.2) is 0 Å². The fourth-order valence-electron chi connectivity index (χ4n) is 7.44. The average molecular weight is 792 g/mol. The first-order valence-corrected chi connectivity index (χ1v) is 20.3. The van der Waals surface area contributed by atoms with Crippen molar-refractivity contribution in [1.82, 2.24) is 15.1 Å². The van der Waals surface area contributed by atoms with Gasteiger partial charge in [0.05, 0.1) is 52.5 Å². The standard InChI is InChI=1S/C41H57N7O9/c49-30-31-1-4-35(29-37(31)43-33-9-21-54-22-10-33)46-15-19-48(20-16-46)40(52)12-24-56-26-28-57-27-25-55-23-11-39(51)47-17-13-45(14-18-47)34-5-2-32(3-6-34)42-36-7-8-38(50)44-41(36)53/h1-6,29-30,33,36,42-43H,7-28H2,(H,44,50,53). The van der Waals surface area contributed by atoms with Crippen molar-refractivity contribution >= 4 is 52.7 Å². The number of aldehydes is 1. The van der Waals surface area contributed by atoms with E-state index in [1.807, 2.05) is 52.3 Å². The fourth-order valence-corrected chi connectivity index (χ4v) is 7.44. The number of nitrogens with one attached hydrogen (secondary N) is 3. The van der Waals surface area contributed by atoms with Crippen molar-refractivity contribution in [2.75, 3.05) is 126 Å². The summed E-state index contributed by atoms with van der Waals surface area (Å²) in [6, 6.07) is 13.6. The molecule has 310 valence electrons. The largest absolute Gasteiger partial charge is 0.381 e. The van der Waals surface area contributed by atoms with E-state index in [1.165, 1.54) is 0 Å². The van der Waals surface area contributed by atoms with Gasteiger partial charge < -0.3 is 49.2 Å². The van der Waals surface area contributed by atoms with Crippen molar-refractivity contribution in [3.05, 3.63) is 48.0 Å². The number of carbonyl (C=O) groups is 5. The van der Waals surface area contributed by atoms with Crippen LogP contribution in [0.2, 0.25) is 0 Å². The van der Waals surface area contributed by atoms with Crippen LogP contribution < -0.4 is 25.8 Å². The first kappa shape index (κ1) is 41.9. The van der Waals surface area contributed by atoms with E-state index in [1.54, 1.807) is 0 Å². The Kier molecular flexibility index (Phi) is 15.9. The highest BCUT2D eigenvalue weighted by molar-refractivity contribution is 6.01. The molecule has 3 N–H and O–H groups in total. The number of carbonyl (C=O) groups excluding carboxylic acids is 5. The molecule has 0 aliphatic carbocycles. The molecule has 2 aromatic rings. The fraction of sp³-hybridized carbons (Fsp3) is 0.585. The summed E-state index contributed by atoms with van der Waals surface area (Å²) in [6.07, 6.45) is 4.16. The molecule has 0 radical (unpaired) electrons. The lowest BCUT2D eigenvalue weighted by Gasteiger charge is -2.36. The second kappa shape index (κ2) is 21.7. The van der Waals surface area contributed by atoms with E-state index >= 15 is 0 Å². The van der Waals surface area contributed by atoms with E-state index in [0.29, 0.717) is 103 Å². The summed E-state index contributed by atoms with van der Waals surface area (Å²) in [6.45, 7) is 9.10. The molecule has 16 nitrogen and oxygen atoms in total. The maximum absolute atomic E-state index is 12.8. The van der Waals surface area contributed by atoms with Gasteiger partial charge in [0.25, 0.3) is 0 Å². The number of benzene rings is 2. The predicted molar refractivity (Wildman–Crippen MR) is 215 cm³/mol. The molecule has 0 spiro atoms. The number of imide groups is 1. The van der Waals surface area contributed by atoms with E-state index in [0.717, 1.165) is 81.3 Å². The van der Waals surface area contributed by atoms with Crippen LogP contribution in [0.1, 0.15) is 48.9 Å². The van der Waals surface area contributed by atoms with Gasteiger partial charge in [0.15, 0.2) is 6.29 Å². The molecular formula is C41H57N7O9. The van der Waals surface area contributed by atoms with Gasteiger partial charge in [-0.3, -0.25) is 29.3 Å². The molecule has 0 bridgehead atoms. The summed E-state index contributed by atoms with van der Waals surface area (Å²) in [5, 5.41) is 9.09. The highest BCUT2D eigenvalue weighted by Crippen LogP contribution is 2.27. The van der Waals surface area contributed by atoms with Gasteiger partial charge >= 0.3 is 0 Å². The van der Waals surface area contributed by atoms with E-state index in [-0.39, 0.29) is 23.6 Å². The molecule has 16 heteroatoms. The van der Waals surface area contributed by atoms with E-state index in [9.17, 15) is 24.0 Å². The quantitative estimate of drug-likeness (QED) is 0.108. The molecule has 4 saturated heterocycles. The van der Waals surface area contributed by atoms with E-state index in [2.05, 4.69) is 25.8 Å². The Hall–Kier alpha value is -4.77. The molecule has 4 amide bonds. The van der Waals surface area contributed by atoms with Crippen LogP contribution in [-0.2, 0) is 38.1 Å². The third kappa shape index (κ3) is 12.6. The zero-order valence-corrected chi connectivity index (χ0v) is 32.8. The Morgan fingerprint density at radius 3 is 1.81 bits per heavy atom. The lowest BCUT2D eigenvalue weighted by molar-refractivity contribution is -0.134. The minimum atomic E-state index is -0.419. The summed E-state index contributed by atoms with van der Waals surface area (Å²) < 4.78 is 22.3. The predicted octanol–water partition coefficient (Wildman–Crippen LogP) is 2.13. The van der Waals surface area contributed by atoms with Gasteiger partial charge in [-0.05, 0) is 61.7 Å². The van der Waals surface area contributed by atoms with Crippen molar-refractivity contribution in [2.24, 2.45) is 0 Å². The van der Waals surface area contributed by atoms with E-state index in [4.69, 9.17) is 18.9 Å². The number of hydrogen-bond acceptors (Lipinski definition) is 13. The second-order valence-corrected chi connectivity index (χ2v) is 14.7. The molecule has 4 aliphatic rings. The highest BCUT2D eigenvalue weighted by atomic mass is 16.5. The number of rotatable bonds is 19. The molecular weight excluding hydrogens is 734 g/mol. The van der Waals surface area contributed by atoms with Gasteiger partial charge in [0.1, 0.15) is 6.04 Å². The maximum Gasteiger partial charge on any atom is 0.249 e. The molecule has 0 aromatic heterocycles. The third-order valence-corrected chi connectivity index (χ3v) is 10.9. The lowest BCUT2D eigenvalue weighted by Crippen LogP contribution is -2.49. The van der Waals surface area contributed by atoms with Crippen molar-refractivity contribution in [1.29, 1.82) is 0 Å². The Labute approximate surface area is 334 Å². The molecule has 4 heterocycles. The molecule has 0 saturated carbocycles. The van der Waals surface area contributed by atoms with E-state index < -0.39 is 6.04 Å². The van der Waals surface area contributed by atoms with Crippen LogP contribution in [0.5, 0.6) is 0 Å². The molecule has 1 atom stereocenters. The zero-order valence-electron chi connectivity index (χ0n) is 32.8. The highest BCUT2D eigenvalue weighted by Gasteiger charge is 2.27. The maximum atomic E-state index is 12.8. The number of anilines is 4. The summed E-state index contributed by atoms with van der Waals surface area (Å²) in [7, 11) is 0. The van der Waals surface area contributed by atoms with Crippen molar-refractivity contribution in [3.63, 3.8) is 0 Å². The number of piperidine rings is 1. The number of piperazine rings is 2. The lowest BCUT2D eigenvalue weighted by atomic mass is 10.1. The zero-order chi connectivity index (χ0) is 39.8. The number of hydrogen-bond donors (Lipinski definition) is 3. The van der Waals surface area contributed by atoms with Crippen molar-refractivity contribution < 1.29 is 42.9 Å². The second-order valence-electron chi connectivity index (χ2n) is 14.7. The molecule has 4 aliphatic heterocycles. The van der Waals surface area contributed by atoms with Gasteiger partial charge in [-0.2, -0.15) is 0 Å². The molecule has 57 heavy (non-hydrogen) atoms. The number of amides is 4. The minimum Gasteiger partial charge on any atom is -0.381 e. The molecule has 4 fully saturated rings. The molecule has 1 unspecified atom stereocenters. The summed E-state index contributed by atoms with van der Waals surface area (Å²) in [5.74, 6) is -0.381. The SMILES string of the molecule is O=Cc1ccc(N2CCN(C(=O)CCOCCOCCOCCC(=O)N3CCN(c4ccc(NC5CCC(=O)NC5=O)cc4)CC3)CC2)cc1NC1CCOCC1. The van der Waals surface area contributed by atoms with Crippen LogP contribution in [-0.4, -0.2) is 157 Å². The van der Waals surface area contributed by atoms with Gasteiger partial charge in [-0.15, -0.1) is 0 Å². The first-order valence-electron chi connectivity index (χ1n) is 20.3.